The molecule has 2 rings (SSSR count). The molecule has 1 unspecified atom stereocenters. The fourth-order valence-corrected chi connectivity index (χ4v) is 4.68. The van der Waals surface area contributed by atoms with Gasteiger partial charge in [-0.25, -0.2) is 9.97 Å². The van der Waals surface area contributed by atoms with Crippen molar-refractivity contribution in [2.45, 2.75) is 31.4 Å². The van der Waals surface area contributed by atoms with Crippen molar-refractivity contribution >= 4 is 33.9 Å². The summed E-state index contributed by atoms with van der Waals surface area (Å²) in [6.07, 6.45) is 3.28. The van der Waals surface area contributed by atoms with Crippen LogP contribution in [-0.4, -0.2) is 44.8 Å². The van der Waals surface area contributed by atoms with Gasteiger partial charge in [-0.3, -0.25) is 4.21 Å². The van der Waals surface area contributed by atoms with Gasteiger partial charge in [0.25, 0.3) is 0 Å². The molecule has 1 fully saturated rings. The molecule has 1 aliphatic rings. The fraction of sp³-hybridized carbons (Fsp3) is 0.692. The van der Waals surface area contributed by atoms with E-state index in [1.807, 2.05) is 7.05 Å². The van der Waals surface area contributed by atoms with Gasteiger partial charge in [0.1, 0.15) is 12.0 Å². The normalized spacial score (nSPS) is 21.8. The Kier molecular flexibility index (Phi) is 4.86. The molecule has 1 N–H and O–H groups in total. The molecular formula is C13H21ClN4OS. The summed E-state index contributed by atoms with van der Waals surface area (Å²) in [4.78, 5) is 10.5. The van der Waals surface area contributed by atoms with Gasteiger partial charge in [0.15, 0.2) is 11.0 Å². The maximum Gasteiger partial charge on any atom is 0.157 e. The molecule has 0 amide bonds. The van der Waals surface area contributed by atoms with E-state index < -0.39 is 10.8 Å². The van der Waals surface area contributed by atoms with Gasteiger partial charge in [-0.05, 0) is 12.8 Å². The van der Waals surface area contributed by atoms with E-state index in [2.05, 4.69) is 34.0 Å². The van der Waals surface area contributed by atoms with Gasteiger partial charge in [0.2, 0.25) is 0 Å². The number of rotatable bonds is 4. The van der Waals surface area contributed by atoms with Gasteiger partial charge < -0.3 is 10.2 Å². The largest absolute Gasteiger partial charge is 0.383 e. The highest BCUT2D eigenvalue weighted by molar-refractivity contribution is 7.86. The highest BCUT2D eigenvalue weighted by atomic mass is 35.5. The van der Waals surface area contributed by atoms with Crippen molar-refractivity contribution in [3.05, 3.63) is 11.5 Å². The standard InChI is InChI=1S/C13H21ClN4OS/c1-4-13(5-2)8-18(6-7-20(13)19)12-10(15-3)11(14)16-9-17-12/h9,15H,4-8H2,1-3H3. The fourth-order valence-electron chi connectivity index (χ4n) is 2.70. The molecular weight excluding hydrogens is 296 g/mol. The van der Waals surface area contributed by atoms with Crippen LogP contribution in [0.25, 0.3) is 0 Å². The average Bonchev–Trinajstić information content (AvgIpc) is 2.48. The van der Waals surface area contributed by atoms with Crippen LogP contribution in [0.2, 0.25) is 5.15 Å². The first-order chi connectivity index (χ1) is 9.57. The topological polar surface area (TPSA) is 58.1 Å². The SMILES string of the molecule is CCC1(CC)CN(c2ncnc(Cl)c2NC)CCS1=O. The van der Waals surface area contributed by atoms with Crippen molar-refractivity contribution in [2.75, 3.05) is 36.1 Å². The number of halogens is 1. The van der Waals surface area contributed by atoms with Crippen molar-refractivity contribution in [1.29, 1.82) is 0 Å². The maximum atomic E-state index is 12.4. The number of hydrogen-bond acceptors (Lipinski definition) is 5. The molecule has 1 atom stereocenters. The van der Waals surface area contributed by atoms with Crippen LogP contribution >= 0.6 is 11.6 Å². The Morgan fingerprint density at radius 1 is 1.45 bits per heavy atom. The zero-order chi connectivity index (χ0) is 14.8. The molecule has 112 valence electrons. The van der Waals surface area contributed by atoms with Gasteiger partial charge in [-0.1, -0.05) is 25.4 Å². The second kappa shape index (κ2) is 6.26. The Bertz CT molecular complexity index is 507. The number of hydrogen-bond donors (Lipinski definition) is 1. The summed E-state index contributed by atoms with van der Waals surface area (Å²) >= 11 is 6.12. The summed E-state index contributed by atoms with van der Waals surface area (Å²) in [6.45, 7) is 5.69. The first-order valence-electron chi connectivity index (χ1n) is 6.89. The summed E-state index contributed by atoms with van der Waals surface area (Å²) < 4.78 is 12.2. The van der Waals surface area contributed by atoms with E-state index in [0.29, 0.717) is 10.9 Å². The second-order valence-corrected chi connectivity index (χ2v) is 7.30. The minimum atomic E-state index is -0.783. The lowest BCUT2D eigenvalue weighted by Crippen LogP contribution is -2.53. The molecule has 0 bridgehead atoms. The van der Waals surface area contributed by atoms with Gasteiger partial charge in [0, 0.05) is 36.7 Å². The lowest BCUT2D eigenvalue weighted by atomic mass is 10.0. The Morgan fingerprint density at radius 2 is 2.15 bits per heavy atom. The van der Waals surface area contributed by atoms with Crippen molar-refractivity contribution in [2.24, 2.45) is 0 Å². The molecule has 5 nitrogen and oxygen atoms in total. The third-order valence-electron chi connectivity index (χ3n) is 4.13. The Hall–Kier alpha value is -0.880. The molecule has 1 saturated heterocycles. The smallest absolute Gasteiger partial charge is 0.157 e. The Balaban J connectivity index is 2.35. The molecule has 1 aliphatic heterocycles. The predicted octanol–water partition coefficient (Wildman–Crippen LogP) is 2.30. The Labute approximate surface area is 127 Å². The van der Waals surface area contributed by atoms with Crippen LogP contribution in [-0.2, 0) is 10.8 Å². The summed E-state index contributed by atoms with van der Waals surface area (Å²) in [7, 11) is 1.03. The molecule has 0 spiro atoms. The minimum absolute atomic E-state index is 0.152. The van der Waals surface area contributed by atoms with Crippen molar-refractivity contribution in [1.82, 2.24) is 9.97 Å². The molecule has 2 heterocycles. The zero-order valence-corrected chi connectivity index (χ0v) is 13.7. The monoisotopic (exact) mass is 316 g/mol. The lowest BCUT2D eigenvalue weighted by Gasteiger charge is -2.42. The maximum absolute atomic E-state index is 12.4. The van der Waals surface area contributed by atoms with E-state index in [0.717, 1.165) is 37.4 Å². The molecule has 0 aromatic carbocycles. The molecule has 0 saturated carbocycles. The average molecular weight is 317 g/mol. The van der Waals surface area contributed by atoms with E-state index in [4.69, 9.17) is 11.6 Å². The highest BCUT2D eigenvalue weighted by Gasteiger charge is 2.39. The zero-order valence-electron chi connectivity index (χ0n) is 12.1. The highest BCUT2D eigenvalue weighted by Crippen LogP contribution is 2.35. The van der Waals surface area contributed by atoms with E-state index in [1.165, 1.54) is 6.33 Å². The lowest BCUT2D eigenvalue weighted by molar-refractivity contribution is 0.494. The third kappa shape index (κ3) is 2.63. The summed E-state index contributed by atoms with van der Waals surface area (Å²) in [5.41, 5.74) is 0.739. The van der Waals surface area contributed by atoms with Gasteiger partial charge >= 0.3 is 0 Å². The van der Waals surface area contributed by atoms with Crippen LogP contribution in [0.3, 0.4) is 0 Å². The number of nitrogens with one attached hydrogen (secondary N) is 1. The van der Waals surface area contributed by atoms with E-state index in [-0.39, 0.29) is 4.75 Å². The van der Waals surface area contributed by atoms with Gasteiger partial charge in [-0.2, -0.15) is 0 Å². The van der Waals surface area contributed by atoms with E-state index >= 15 is 0 Å². The summed E-state index contributed by atoms with van der Waals surface area (Å²) in [6, 6.07) is 0. The van der Waals surface area contributed by atoms with Crippen LogP contribution in [0.4, 0.5) is 11.5 Å². The van der Waals surface area contributed by atoms with Crippen LogP contribution < -0.4 is 10.2 Å². The van der Waals surface area contributed by atoms with Crippen LogP contribution in [0.1, 0.15) is 26.7 Å². The molecule has 20 heavy (non-hydrogen) atoms. The molecule has 1 aromatic rings. The van der Waals surface area contributed by atoms with E-state index in [9.17, 15) is 4.21 Å². The minimum Gasteiger partial charge on any atom is -0.383 e. The summed E-state index contributed by atoms with van der Waals surface area (Å²) in [5, 5.41) is 3.48. The number of aromatic nitrogens is 2. The second-order valence-electron chi connectivity index (χ2n) is 4.97. The quantitative estimate of drug-likeness (QED) is 0.864. The molecule has 1 aromatic heterocycles. The molecule has 7 heteroatoms. The van der Waals surface area contributed by atoms with E-state index in [1.54, 1.807) is 0 Å². The van der Waals surface area contributed by atoms with Gasteiger partial charge in [0.05, 0.1) is 4.75 Å². The van der Waals surface area contributed by atoms with Crippen molar-refractivity contribution < 1.29 is 4.21 Å². The first-order valence-corrected chi connectivity index (χ1v) is 8.59. The summed E-state index contributed by atoms with van der Waals surface area (Å²) in [5.74, 6) is 1.47. The number of anilines is 2. The van der Waals surface area contributed by atoms with Crippen LogP contribution in [0, 0.1) is 0 Å². The van der Waals surface area contributed by atoms with Crippen molar-refractivity contribution in [3.63, 3.8) is 0 Å². The molecule has 0 radical (unpaired) electrons. The van der Waals surface area contributed by atoms with Gasteiger partial charge in [-0.15, -0.1) is 0 Å². The first kappa shape index (κ1) is 15.5. The molecule has 0 aliphatic carbocycles. The predicted molar refractivity (Wildman–Crippen MR) is 85.1 cm³/mol. The Morgan fingerprint density at radius 3 is 2.75 bits per heavy atom. The number of nitrogens with zero attached hydrogens (tertiary/aromatic N) is 3. The van der Waals surface area contributed by atoms with Crippen molar-refractivity contribution in [3.8, 4) is 0 Å². The van der Waals surface area contributed by atoms with Crippen LogP contribution in [0.15, 0.2) is 6.33 Å². The third-order valence-corrected chi connectivity index (χ3v) is 6.64. The van der Waals surface area contributed by atoms with Crippen LogP contribution in [0.5, 0.6) is 0 Å².